The molecule has 0 aromatic rings. The van der Waals surface area contributed by atoms with Crippen LogP contribution in [0.15, 0.2) is 11.1 Å². The maximum absolute atomic E-state index is 13.3. The number of hydrogen-bond donors (Lipinski definition) is 2. The van der Waals surface area contributed by atoms with Crippen LogP contribution in [0.1, 0.15) is 112 Å². The summed E-state index contributed by atoms with van der Waals surface area (Å²) in [5, 5.41) is 6.83. The van der Waals surface area contributed by atoms with E-state index in [4.69, 9.17) is 0 Å². The maximum Gasteiger partial charge on any atom is 0.226 e. The predicted octanol–water partition coefficient (Wildman–Crippen LogP) is 6.87. The lowest BCUT2D eigenvalue weighted by atomic mass is 9.72. The molecule has 0 aromatic carbocycles. The molecular weight excluding hydrogens is 388 g/mol. The maximum atomic E-state index is 13.3. The molecule has 30 heavy (non-hydrogen) atoms. The van der Waals surface area contributed by atoms with Crippen molar-refractivity contribution >= 4 is 17.7 Å². The monoisotopic (exact) mass is 438 g/mol. The van der Waals surface area contributed by atoms with Gasteiger partial charge in [-0.3, -0.25) is 4.79 Å². The highest BCUT2D eigenvalue weighted by atomic mass is 32.2. The van der Waals surface area contributed by atoms with Crippen molar-refractivity contribution in [3.8, 4) is 0 Å². The number of nitrogens with one attached hydrogen (secondary N) is 2. The molecular formula is C26H50N2OS. The summed E-state index contributed by atoms with van der Waals surface area (Å²) < 4.78 is 0.166. The number of carbonyl (C=O) groups excluding carboxylic acids is 1. The first-order valence-electron chi connectivity index (χ1n) is 12.7. The summed E-state index contributed by atoms with van der Waals surface area (Å²) in [7, 11) is 2.09. The molecule has 1 amide bonds. The van der Waals surface area contributed by atoms with Gasteiger partial charge in [-0.2, -0.15) is 11.8 Å². The van der Waals surface area contributed by atoms with E-state index in [-0.39, 0.29) is 16.1 Å². The number of hydrogen-bond acceptors (Lipinski definition) is 3. The van der Waals surface area contributed by atoms with Crippen molar-refractivity contribution in [3.05, 3.63) is 11.1 Å². The van der Waals surface area contributed by atoms with Crippen molar-refractivity contribution in [2.45, 2.75) is 123 Å². The fourth-order valence-electron chi connectivity index (χ4n) is 4.73. The van der Waals surface area contributed by atoms with Gasteiger partial charge in [0.15, 0.2) is 0 Å². The first-order valence-corrected chi connectivity index (χ1v) is 13.7. The lowest BCUT2D eigenvalue weighted by Gasteiger charge is -2.41. The van der Waals surface area contributed by atoms with Crippen LogP contribution in [-0.4, -0.2) is 36.0 Å². The van der Waals surface area contributed by atoms with Gasteiger partial charge in [-0.25, -0.2) is 0 Å². The van der Waals surface area contributed by atoms with E-state index in [1.54, 1.807) is 11.1 Å². The summed E-state index contributed by atoms with van der Waals surface area (Å²) in [6.07, 6.45) is 12.3. The van der Waals surface area contributed by atoms with Gasteiger partial charge in [0, 0.05) is 28.5 Å². The molecule has 0 aliphatic heterocycles. The Morgan fingerprint density at radius 3 is 2.07 bits per heavy atom. The third-order valence-electron chi connectivity index (χ3n) is 7.52. The molecule has 0 heterocycles. The number of thioether (sulfide) groups is 1. The van der Waals surface area contributed by atoms with E-state index in [9.17, 15) is 4.79 Å². The normalized spacial score (nSPS) is 15.2. The van der Waals surface area contributed by atoms with Gasteiger partial charge in [0.25, 0.3) is 0 Å². The third-order valence-corrected chi connectivity index (χ3v) is 9.31. The van der Waals surface area contributed by atoms with E-state index in [0.717, 1.165) is 57.2 Å². The highest BCUT2D eigenvalue weighted by Crippen LogP contribution is 2.47. The van der Waals surface area contributed by atoms with Gasteiger partial charge in [0.2, 0.25) is 5.91 Å². The molecule has 1 atom stereocenters. The van der Waals surface area contributed by atoms with Gasteiger partial charge < -0.3 is 10.6 Å². The van der Waals surface area contributed by atoms with Crippen LogP contribution in [0, 0.1) is 5.41 Å². The summed E-state index contributed by atoms with van der Waals surface area (Å²) in [6, 6.07) is 0.505. The van der Waals surface area contributed by atoms with Crippen LogP contribution < -0.4 is 10.6 Å². The quantitative estimate of drug-likeness (QED) is 0.192. The van der Waals surface area contributed by atoms with E-state index >= 15 is 0 Å². The predicted molar refractivity (Wildman–Crippen MR) is 135 cm³/mol. The number of allylic oxidation sites excluding steroid dienone is 1. The zero-order valence-electron chi connectivity index (χ0n) is 21.1. The summed E-state index contributed by atoms with van der Waals surface area (Å²) >= 11 is 2.13. The molecule has 0 radical (unpaired) electrons. The van der Waals surface area contributed by atoms with Crippen molar-refractivity contribution in [1.82, 2.24) is 10.6 Å². The Bertz CT molecular complexity index is 525. The highest BCUT2D eigenvalue weighted by molar-refractivity contribution is 8.00. The van der Waals surface area contributed by atoms with Gasteiger partial charge in [0.1, 0.15) is 0 Å². The van der Waals surface area contributed by atoms with Crippen LogP contribution in [0.25, 0.3) is 0 Å². The van der Waals surface area contributed by atoms with Crippen molar-refractivity contribution < 1.29 is 4.79 Å². The Labute approximate surface area is 192 Å². The summed E-state index contributed by atoms with van der Waals surface area (Å²) in [5.41, 5.74) is 3.07. The molecule has 2 N–H and O–H groups in total. The summed E-state index contributed by atoms with van der Waals surface area (Å²) in [5.74, 6) is 1.40. The van der Waals surface area contributed by atoms with E-state index in [1.165, 1.54) is 25.7 Å². The Kier molecular flexibility index (Phi) is 12.7. The van der Waals surface area contributed by atoms with Crippen LogP contribution in [-0.2, 0) is 4.79 Å². The zero-order chi connectivity index (χ0) is 22.6. The van der Waals surface area contributed by atoms with E-state index in [2.05, 4.69) is 71.0 Å². The fraction of sp³-hybridized carbons (Fsp3) is 0.885. The lowest BCUT2D eigenvalue weighted by Crippen LogP contribution is -2.45. The summed E-state index contributed by atoms with van der Waals surface area (Å²) in [6.45, 7) is 14.4. The molecule has 4 heteroatoms. The molecule has 1 rings (SSSR count). The molecule has 0 aromatic heterocycles. The van der Waals surface area contributed by atoms with Gasteiger partial charge in [-0.1, -0.05) is 60.0 Å². The second kappa shape index (κ2) is 13.8. The molecule has 1 fully saturated rings. The number of likely N-dealkylation sites (N-methyl/N-ethyl adjacent to an activating group) is 1. The Morgan fingerprint density at radius 1 is 1.00 bits per heavy atom. The second-order valence-corrected chi connectivity index (χ2v) is 10.6. The largest absolute Gasteiger partial charge is 0.356 e. The van der Waals surface area contributed by atoms with Crippen molar-refractivity contribution in [2.24, 2.45) is 5.41 Å². The highest BCUT2D eigenvalue weighted by Gasteiger charge is 2.43. The molecule has 1 aliphatic carbocycles. The van der Waals surface area contributed by atoms with Crippen molar-refractivity contribution in [2.75, 3.05) is 19.3 Å². The van der Waals surface area contributed by atoms with E-state index in [1.807, 2.05) is 0 Å². The summed E-state index contributed by atoms with van der Waals surface area (Å²) in [4.78, 5) is 13.3. The minimum Gasteiger partial charge on any atom is -0.356 e. The molecule has 0 saturated heterocycles. The van der Waals surface area contributed by atoms with Gasteiger partial charge in [-0.05, 0) is 70.4 Å². The number of rotatable bonds is 17. The molecule has 0 bridgehead atoms. The van der Waals surface area contributed by atoms with Gasteiger partial charge >= 0.3 is 0 Å². The standard InChI is InChI=1S/C26H50N2OS/c1-8-14-15-18-28-24(29)25(10-3,11-4)20-26(12-5,13-6)30-19-22(21-16-17-21)23(9-2)27-7/h23,27H,8-20H2,1-7H3,(H,28,29). The zero-order valence-corrected chi connectivity index (χ0v) is 21.9. The molecule has 1 saturated carbocycles. The lowest BCUT2D eigenvalue weighted by molar-refractivity contribution is -0.132. The van der Waals surface area contributed by atoms with Crippen LogP contribution in [0.2, 0.25) is 0 Å². The number of amides is 1. The fourth-order valence-corrected chi connectivity index (χ4v) is 6.38. The minimum absolute atomic E-state index is 0.166. The number of carbonyl (C=O) groups is 1. The Balaban J connectivity index is 2.96. The van der Waals surface area contributed by atoms with Crippen LogP contribution in [0.5, 0.6) is 0 Å². The van der Waals surface area contributed by atoms with Crippen molar-refractivity contribution in [3.63, 3.8) is 0 Å². The van der Waals surface area contributed by atoms with Gasteiger partial charge in [-0.15, -0.1) is 0 Å². The molecule has 1 aliphatic rings. The van der Waals surface area contributed by atoms with Crippen LogP contribution >= 0.6 is 11.8 Å². The Morgan fingerprint density at radius 2 is 1.63 bits per heavy atom. The van der Waals surface area contributed by atoms with Crippen molar-refractivity contribution in [1.29, 1.82) is 0 Å². The van der Waals surface area contributed by atoms with E-state index < -0.39 is 0 Å². The molecule has 3 nitrogen and oxygen atoms in total. The SMILES string of the molecule is CCCCCNC(=O)C(CC)(CC)CC(CC)(CC)SCC(=C1CC1)C(CC)NC. The van der Waals surface area contributed by atoms with Gasteiger partial charge in [0.05, 0.1) is 0 Å². The number of unbranched alkanes of at least 4 members (excludes halogenated alkanes) is 2. The smallest absolute Gasteiger partial charge is 0.226 e. The minimum atomic E-state index is -0.245. The average molecular weight is 439 g/mol. The topological polar surface area (TPSA) is 41.1 Å². The second-order valence-electron chi connectivity index (χ2n) is 9.18. The molecule has 0 spiro atoms. The Hall–Kier alpha value is -0.480. The third kappa shape index (κ3) is 7.58. The molecule has 1 unspecified atom stereocenters. The van der Waals surface area contributed by atoms with E-state index in [0.29, 0.717) is 6.04 Å². The first-order chi connectivity index (χ1) is 14.4. The van der Waals surface area contributed by atoms with Crippen LogP contribution in [0.3, 0.4) is 0 Å². The van der Waals surface area contributed by atoms with Crippen LogP contribution in [0.4, 0.5) is 0 Å². The average Bonchev–Trinajstić information content (AvgIpc) is 3.62. The first kappa shape index (κ1) is 27.6. The molecule has 176 valence electrons.